The van der Waals surface area contributed by atoms with E-state index >= 15 is 0 Å². The Hall–Kier alpha value is -3.03. The molecule has 0 radical (unpaired) electrons. The molecule has 1 saturated heterocycles. The number of amides is 1. The van der Waals surface area contributed by atoms with Gasteiger partial charge in [0.2, 0.25) is 0 Å². The maximum atomic E-state index is 13.0. The Morgan fingerprint density at radius 3 is 2.63 bits per heavy atom. The van der Waals surface area contributed by atoms with E-state index in [1.54, 1.807) is 24.4 Å². The lowest BCUT2D eigenvalue weighted by Gasteiger charge is -2.24. The minimum absolute atomic E-state index is 0.0370. The van der Waals surface area contributed by atoms with Gasteiger partial charge in [0.15, 0.2) is 5.69 Å². The summed E-state index contributed by atoms with van der Waals surface area (Å²) in [5.41, 5.74) is 2.72. The van der Waals surface area contributed by atoms with Gasteiger partial charge in [0.1, 0.15) is 5.82 Å². The number of morpholine rings is 1. The summed E-state index contributed by atoms with van der Waals surface area (Å²) in [7, 11) is 0. The molecule has 2 aromatic carbocycles. The second-order valence-corrected chi connectivity index (χ2v) is 6.26. The Balaban J connectivity index is 1.42. The van der Waals surface area contributed by atoms with Crippen molar-refractivity contribution in [3.8, 4) is 5.69 Å². The van der Waals surface area contributed by atoms with Crippen LogP contribution in [0.25, 0.3) is 5.69 Å². The van der Waals surface area contributed by atoms with Crippen molar-refractivity contribution >= 4 is 11.6 Å². The Kier molecular flexibility index (Phi) is 4.95. The zero-order valence-electron chi connectivity index (χ0n) is 14.6. The maximum Gasteiger partial charge on any atom is 0.276 e. The molecule has 1 fully saturated rings. The first-order chi connectivity index (χ1) is 13.2. The molecule has 3 aromatic rings. The van der Waals surface area contributed by atoms with E-state index in [1.165, 1.54) is 16.8 Å². The monoisotopic (exact) mass is 366 g/mol. The molecule has 1 aromatic heterocycles. The number of aromatic nitrogens is 2. The van der Waals surface area contributed by atoms with Gasteiger partial charge in [-0.05, 0) is 48.0 Å². The highest BCUT2D eigenvalue weighted by atomic mass is 19.1. The molecule has 0 unspecified atom stereocenters. The third kappa shape index (κ3) is 4.05. The summed E-state index contributed by atoms with van der Waals surface area (Å²) >= 11 is 0. The summed E-state index contributed by atoms with van der Waals surface area (Å²) < 4.78 is 20.3. The van der Waals surface area contributed by atoms with Crippen molar-refractivity contribution in [1.82, 2.24) is 15.1 Å². The molecular weight excluding hydrogens is 347 g/mol. The number of nitrogens with zero attached hydrogens (tertiary/aromatic N) is 2. The van der Waals surface area contributed by atoms with E-state index in [-0.39, 0.29) is 23.5 Å². The predicted octanol–water partition coefficient (Wildman–Crippen LogP) is 2.92. The zero-order valence-corrected chi connectivity index (χ0v) is 14.6. The van der Waals surface area contributed by atoms with E-state index in [1.807, 2.05) is 24.3 Å². The van der Waals surface area contributed by atoms with Crippen LogP contribution in [-0.4, -0.2) is 35.4 Å². The van der Waals surface area contributed by atoms with Gasteiger partial charge in [-0.3, -0.25) is 4.79 Å². The minimum atomic E-state index is -0.318. The number of rotatable bonds is 4. The fraction of sp³-hybridized carbons (Fsp3) is 0.200. The Bertz CT molecular complexity index is 916. The number of anilines is 1. The van der Waals surface area contributed by atoms with Crippen molar-refractivity contribution in [3.63, 3.8) is 0 Å². The van der Waals surface area contributed by atoms with Crippen LogP contribution >= 0.6 is 0 Å². The van der Waals surface area contributed by atoms with Crippen molar-refractivity contribution in [2.45, 2.75) is 6.10 Å². The normalized spacial score (nSPS) is 16.9. The number of carbonyl (C=O) groups excluding carboxylic acids is 1. The predicted molar refractivity (Wildman–Crippen MR) is 99.5 cm³/mol. The molecule has 0 bridgehead atoms. The number of halogens is 1. The SMILES string of the molecule is O=C(Nc1ccc([C@H]2CNCCO2)cc1)c1ccn(-c2ccc(F)cc2)n1. The molecule has 27 heavy (non-hydrogen) atoms. The second kappa shape index (κ2) is 7.69. The summed E-state index contributed by atoms with van der Waals surface area (Å²) in [6, 6.07) is 15.1. The van der Waals surface area contributed by atoms with Crippen LogP contribution < -0.4 is 10.6 Å². The summed E-state index contributed by atoms with van der Waals surface area (Å²) in [4.78, 5) is 12.4. The van der Waals surface area contributed by atoms with Crippen molar-refractivity contribution in [2.75, 3.05) is 25.0 Å². The molecule has 7 heteroatoms. The van der Waals surface area contributed by atoms with Gasteiger partial charge in [-0.1, -0.05) is 12.1 Å². The molecule has 2 N–H and O–H groups in total. The van der Waals surface area contributed by atoms with Crippen molar-refractivity contribution in [1.29, 1.82) is 0 Å². The Morgan fingerprint density at radius 2 is 1.93 bits per heavy atom. The van der Waals surface area contributed by atoms with Crippen LogP contribution in [0.15, 0.2) is 60.8 Å². The molecule has 1 aliphatic heterocycles. The number of hydrogen-bond acceptors (Lipinski definition) is 4. The number of hydrogen-bond donors (Lipinski definition) is 2. The molecule has 0 aliphatic carbocycles. The third-order valence-electron chi connectivity index (χ3n) is 4.38. The number of benzene rings is 2. The molecule has 4 rings (SSSR count). The van der Waals surface area contributed by atoms with E-state index in [0.29, 0.717) is 18.0 Å². The molecule has 138 valence electrons. The van der Waals surface area contributed by atoms with Gasteiger partial charge >= 0.3 is 0 Å². The zero-order chi connectivity index (χ0) is 18.6. The van der Waals surface area contributed by atoms with Gasteiger partial charge in [0.05, 0.1) is 18.4 Å². The topological polar surface area (TPSA) is 68.2 Å². The second-order valence-electron chi connectivity index (χ2n) is 6.26. The fourth-order valence-electron chi connectivity index (χ4n) is 2.94. The van der Waals surface area contributed by atoms with Crippen LogP contribution in [0.5, 0.6) is 0 Å². The van der Waals surface area contributed by atoms with E-state index in [0.717, 1.165) is 18.7 Å². The minimum Gasteiger partial charge on any atom is -0.371 e. The standard InChI is InChI=1S/C20H19FN4O2/c21-15-3-7-17(8-4-15)25-11-9-18(24-25)20(26)23-16-5-1-14(2-6-16)19-13-22-10-12-27-19/h1-9,11,19,22H,10,12-13H2,(H,23,26)/t19-/m1/s1. The Morgan fingerprint density at radius 1 is 1.15 bits per heavy atom. The molecule has 1 amide bonds. The molecule has 1 atom stereocenters. The molecular formula is C20H19FN4O2. The van der Waals surface area contributed by atoms with Crippen LogP contribution in [0.4, 0.5) is 10.1 Å². The van der Waals surface area contributed by atoms with Gasteiger partial charge in [-0.25, -0.2) is 9.07 Å². The fourth-order valence-corrected chi connectivity index (χ4v) is 2.94. The summed E-state index contributed by atoms with van der Waals surface area (Å²) in [6.07, 6.45) is 1.70. The number of ether oxygens (including phenoxy) is 1. The van der Waals surface area contributed by atoms with E-state index < -0.39 is 0 Å². The number of carbonyl (C=O) groups is 1. The third-order valence-corrected chi connectivity index (χ3v) is 4.38. The first-order valence-electron chi connectivity index (χ1n) is 8.74. The highest BCUT2D eigenvalue weighted by Crippen LogP contribution is 2.21. The number of nitrogens with one attached hydrogen (secondary N) is 2. The lowest BCUT2D eigenvalue weighted by molar-refractivity contribution is 0.0277. The van der Waals surface area contributed by atoms with Crippen molar-refractivity contribution in [3.05, 3.63) is 77.9 Å². The quantitative estimate of drug-likeness (QED) is 0.745. The highest BCUT2D eigenvalue weighted by molar-refractivity contribution is 6.02. The smallest absolute Gasteiger partial charge is 0.276 e. The first-order valence-corrected chi connectivity index (χ1v) is 8.74. The largest absolute Gasteiger partial charge is 0.371 e. The van der Waals surface area contributed by atoms with Crippen LogP contribution in [0.2, 0.25) is 0 Å². The lowest BCUT2D eigenvalue weighted by atomic mass is 10.1. The van der Waals surface area contributed by atoms with Crippen LogP contribution in [0, 0.1) is 5.82 Å². The maximum absolute atomic E-state index is 13.0. The van der Waals surface area contributed by atoms with Crippen LogP contribution in [-0.2, 0) is 4.74 Å². The van der Waals surface area contributed by atoms with Crippen LogP contribution in [0.3, 0.4) is 0 Å². The van der Waals surface area contributed by atoms with Gasteiger partial charge in [0, 0.05) is 25.0 Å². The molecule has 0 saturated carbocycles. The first kappa shape index (κ1) is 17.4. The average Bonchev–Trinajstić information content (AvgIpc) is 3.20. The van der Waals surface area contributed by atoms with Crippen molar-refractivity contribution in [2.24, 2.45) is 0 Å². The van der Waals surface area contributed by atoms with E-state index in [9.17, 15) is 9.18 Å². The Labute approximate surface area is 156 Å². The van der Waals surface area contributed by atoms with Crippen LogP contribution in [0.1, 0.15) is 22.2 Å². The van der Waals surface area contributed by atoms with Gasteiger partial charge in [-0.2, -0.15) is 5.10 Å². The van der Waals surface area contributed by atoms with Gasteiger partial charge in [-0.15, -0.1) is 0 Å². The lowest BCUT2D eigenvalue weighted by Crippen LogP contribution is -2.33. The molecule has 2 heterocycles. The summed E-state index contributed by atoms with van der Waals surface area (Å²) in [5.74, 6) is -0.624. The summed E-state index contributed by atoms with van der Waals surface area (Å²) in [6.45, 7) is 2.35. The van der Waals surface area contributed by atoms with E-state index in [2.05, 4.69) is 15.7 Å². The highest BCUT2D eigenvalue weighted by Gasteiger charge is 2.16. The van der Waals surface area contributed by atoms with E-state index in [4.69, 9.17) is 4.74 Å². The molecule has 0 spiro atoms. The van der Waals surface area contributed by atoms with Gasteiger partial charge < -0.3 is 15.4 Å². The molecule has 6 nitrogen and oxygen atoms in total. The summed E-state index contributed by atoms with van der Waals surface area (Å²) in [5, 5.41) is 10.4. The molecule has 1 aliphatic rings. The average molecular weight is 366 g/mol. The van der Waals surface area contributed by atoms with Gasteiger partial charge in [0.25, 0.3) is 5.91 Å². The van der Waals surface area contributed by atoms with Crippen molar-refractivity contribution < 1.29 is 13.9 Å².